The number of hydrazone groups is 1. The van der Waals surface area contributed by atoms with Crippen LogP contribution in [0.15, 0.2) is 77.9 Å². The fourth-order valence-corrected chi connectivity index (χ4v) is 6.02. The minimum Gasteiger partial charge on any atom is -0.368 e. The third kappa shape index (κ3) is 3.14. The standard InChI is InChI=1S/C28H27ClN4O/c1-19-10-12-23(13-11-19)33-27(34)28(20(2)30-33)17-21-6-3-4-9-25(21)32-15-14-31(18-26(28)32)24-8-5-7-22(29)16-24/h3-13,16,26H,14-15,17-18H2,1-2H3/t26-,28-/m0/s1. The maximum absolute atomic E-state index is 14.3. The van der Waals surface area contributed by atoms with Gasteiger partial charge in [-0.05, 0) is 62.2 Å². The molecule has 1 fully saturated rings. The monoisotopic (exact) mass is 470 g/mol. The number of para-hydroxylation sites is 1. The predicted molar refractivity (Wildman–Crippen MR) is 139 cm³/mol. The molecule has 1 amide bonds. The van der Waals surface area contributed by atoms with Gasteiger partial charge in [0.25, 0.3) is 5.91 Å². The predicted octanol–water partition coefficient (Wildman–Crippen LogP) is 5.31. The van der Waals surface area contributed by atoms with Gasteiger partial charge in [-0.3, -0.25) is 4.79 Å². The molecule has 3 aliphatic rings. The number of carbonyl (C=O) groups excluding carboxylic acids is 1. The van der Waals surface area contributed by atoms with E-state index in [1.807, 2.05) is 56.3 Å². The van der Waals surface area contributed by atoms with Crippen molar-refractivity contribution in [3.8, 4) is 0 Å². The molecule has 1 spiro atoms. The zero-order valence-corrected chi connectivity index (χ0v) is 20.2. The van der Waals surface area contributed by atoms with Gasteiger partial charge in [0.2, 0.25) is 0 Å². The summed E-state index contributed by atoms with van der Waals surface area (Å²) in [5.74, 6) is 0.0614. The van der Waals surface area contributed by atoms with Crippen LogP contribution in [-0.4, -0.2) is 37.3 Å². The molecule has 2 atom stereocenters. The lowest BCUT2D eigenvalue weighted by Gasteiger charge is -2.53. The van der Waals surface area contributed by atoms with E-state index < -0.39 is 5.41 Å². The number of amides is 1. The first-order chi connectivity index (χ1) is 16.5. The van der Waals surface area contributed by atoms with E-state index in [1.54, 1.807) is 5.01 Å². The number of hydrogen-bond acceptors (Lipinski definition) is 4. The fourth-order valence-electron chi connectivity index (χ4n) is 5.84. The third-order valence-corrected chi connectivity index (χ3v) is 7.88. The Morgan fingerprint density at radius 1 is 0.941 bits per heavy atom. The van der Waals surface area contributed by atoms with E-state index in [0.717, 1.165) is 47.3 Å². The first-order valence-electron chi connectivity index (χ1n) is 11.8. The smallest absolute Gasteiger partial charge is 0.261 e. The summed E-state index contributed by atoms with van der Waals surface area (Å²) < 4.78 is 0. The molecule has 6 heteroatoms. The molecule has 1 saturated heterocycles. The molecule has 0 N–H and O–H groups in total. The molecular weight excluding hydrogens is 444 g/mol. The average molecular weight is 471 g/mol. The Hall–Kier alpha value is -3.31. The number of halogens is 1. The van der Waals surface area contributed by atoms with Gasteiger partial charge in [-0.25, -0.2) is 0 Å². The SMILES string of the molecule is CC1=NN(c2ccc(C)cc2)C(=O)[C@@]12Cc1ccccc1N1CCN(c3cccc(Cl)c3)C[C@H]12. The van der Waals surface area contributed by atoms with Crippen molar-refractivity contribution in [2.24, 2.45) is 10.5 Å². The lowest BCUT2D eigenvalue weighted by Crippen LogP contribution is -2.67. The molecule has 0 aromatic heterocycles. The highest BCUT2D eigenvalue weighted by atomic mass is 35.5. The zero-order valence-electron chi connectivity index (χ0n) is 19.4. The summed E-state index contributed by atoms with van der Waals surface area (Å²) in [4.78, 5) is 19.1. The molecule has 3 aliphatic heterocycles. The molecule has 172 valence electrons. The first-order valence-corrected chi connectivity index (χ1v) is 12.2. The summed E-state index contributed by atoms with van der Waals surface area (Å²) in [5.41, 5.74) is 5.69. The number of carbonyl (C=O) groups is 1. The van der Waals surface area contributed by atoms with Gasteiger partial charge in [0.1, 0.15) is 5.41 Å². The number of rotatable bonds is 2. The van der Waals surface area contributed by atoms with Gasteiger partial charge in [-0.1, -0.05) is 53.6 Å². The highest BCUT2D eigenvalue weighted by molar-refractivity contribution is 6.30. The molecule has 6 rings (SSSR count). The number of nitrogens with zero attached hydrogens (tertiary/aromatic N) is 4. The average Bonchev–Trinajstić information content (AvgIpc) is 3.10. The van der Waals surface area contributed by atoms with Crippen LogP contribution in [0.1, 0.15) is 18.1 Å². The second-order valence-corrected chi connectivity index (χ2v) is 9.99. The first kappa shape index (κ1) is 21.2. The molecule has 3 aromatic rings. The normalized spacial score (nSPS) is 23.7. The van der Waals surface area contributed by atoms with E-state index >= 15 is 0 Å². The van der Waals surface area contributed by atoms with Crippen LogP contribution in [0.4, 0.5) is 17.1 Å². The number of piperazine rings is 1. The second-order valence-electron chi connectivity index (χ2n) is 9.55. The molecule has 5 nitrogen and oxygen atoms in total. The van der Waals surface area contributed by atoms with Crippen molar-refractivity contribution in [3.63, 3.8) is 0 Å². The van der Waals surface area contributed by atoms with Gasteiger partial charge >= 0.3 is 0 Å². The van der Waals surface area contributed by atoms with Crippen molar-refractivity contribution in [3.05, 3.63) is 88.9 Å². The Morgan fingerprint density at radius 3 is 2.53 bits per heavy atom. The van der Waals surface area contributed by atoms with E-state index in [-0.39, 0.29) is 11.9 Å². The highest BCUT2D eigenvalue weighted by Crippen LogP contribution is 2.48. The van der Waals surface area contributed by atoms with Crippen LogP contribution in [0.25, 0.3) is 0 Å². The molecule has 34 heavy (non-hydrogen) atoms. The topological polar surface area (TPSA) is 39.2 Å². The molecule has 0 aliphatic carbocycles. The summed E-state index contributed by atoms with van der Waals surface area (Å²) >= 11 is 6.32. The molecule has 0 radical (unpaired) electrons. The minimum atomic E-state index is -0.712. The summed E-state index contributed by atoms with van der Waals surface area (Å²) in [6.45, 7) is 6.51. The summed E-state index contributed by atoms with van der Waals surface area (Å²) in [6, 6.07) is 24.5. The Bertz CT molecular complexity index is 1300. The van der Waals surface area contributed by atoms with Gasteiger partial charge in [0.05, 0.1) is 17.4 Å². The summed E-state index contributed by atoms with van der Waals surface area (Å²) in [5, 5.41) is 7.21. The van der Waals surface area contributed by atoms with Crippen molar-refractivity contribution in [1.29, 1.82) is 0 Å². The largest absolute Gasteiger partial charge is 0.368 e. The van der Waals surface area contributed by atoms with Crippen molar-refractivity contribution >= 4 is 40.3 Å². The van der Waals surface area contributed by atoms with Crippen LogP contribution in [0.3, 0.4) is 0 Å². The molecule has 0 bridgehead atoms. The lowest BCUT2D eigenvalue weighted by atomic mass is 9.67. The van der Waals surface area contributed by atoms with Crippen molar-refractivity contribution in [1.82, 2.24) is 0 Å². The number of fused-ring (bicyclic) bond motifs is 4. The Labute approximate surface area is 205 Å². The van der Waals surface area contributed by atoms with E-state index in [2.05, 4.69) is 40.1 Å². The molecule has 0 unspecified atom stereocenters. The minimum absolute atomic E-state index is 0.0261. The van der Waals surface area contributed by atoms with Gasteiger partial charge < -0.3 is 9.80 Å². The van der Waals surface area contributed by atoms with Gasteiger partial charge in [-0.2, -0.15) is 10.1 Å². The molecule has 3 heterocycles. The highest BCUT2D eigenvalue weighted by Gasteiger charge is 2.59. The number of benzene rings is 3. The van der Waals surface area contributed by atoms with E-state index in [1.165, 1.54) is 11.3 Å². The van der Waals surface area contributed by atoms with Crippen molar-refractivity contribution < 1.29 is 4.79 Å². The van der Waals surface area contributed by atoms with Crippen LogP contribution in [0.5, 0.6) is 0 Å². The maximum Gasteiger partial charge on any atom is 0.261 e. The Kier molecular flexibility index (Phi) is 4.92. The van der Waals surface area contributed by atoms with Crippen LogP contribution in [0, 0.1) is 12.3 Å². The van der Waals surface area contributed by atoms with E-state index in [4.69, 9.17) is 16.7 Å². The number of anilines is 3. The molecule has 3 aromatic carbocycles. The molecular formula is C28H27ClN4O. The van der Waals surface area contributed by atoms with Crippen LogP contribution >= 0.6 is 11.6 Å². The van der Waals surface area contributed by atoms with Crippen LogP contribution in [0.2, 0.25) is 5.02 Å². The summed E-state index contributed by atoms with van der Waals surface area (Å²) in [6.07, 6.45) is 0.657. The van der Waals surface area contributed by atoms with Gasteiger partial charge in [0.15, 0.2) is 0 Å². The number of aryl methyl sites for hydroxylation is 1. The molecule has 0 saturated carbocycles. The lowest BCUT2D eigenvalue weighted by molar-refractivity contribution is -0.125. The Morgan fingerprint density at radius 2 is 1.74 bits per heavy atom. The second kappa shape index (κ2) is 7.88. The zero-order chi connectivity index (χ0) is 23.4. The third-order valence-electron chi connectivity index (χ3n) is 7.64. The van der Waals surface area contributed by atoms with Crippen molar-refractivity contribution in [2.75, 3.05) is 34.4 Å². The van der Waals surface area contributed by atoms with Crippen molar-refractivity contribution in [2.45, 2.75) is 26.3 Å². The Balaban J connectivity index is 1.44. The van der Waals surface area contributed by atoms with E-state index in [9.17, 15) is 4.79 Å². The van der Waals surface area contributed by atoms with Gasteiger partial charge in [0, 0.05) is 36.0 Å². The van der Waals surface area contributed by atoms with Crippen LogP contribution < -0.4 is 14.8 Å². The fraction of sp³-hybridized carbons (Fsp3) is 0.286. The summed E-state index contributed by atoms with van der Waals surface area (Å²) in [7, 11) is 0. The van der Waals surface area contributed by atoms with E-state index in [0.29, 0.717) is 6.42 Å². The van der Waals surface area contributed by atoms with Crippen LogP contribution in [-0.2, 0) is 11.2 Å². The maximum atomic E-state index is 14.3. The number of hydrogen-bond donors (Lipinski definition) is 0. The quantitative estimate of drug-likeness (QED) is 0.509. The van der Waals surface area contributed by atoms with Gasteiger partial charge in [-0.15, -0.1) is 0 Å².